The fourth-order valence-electron chi connectivity index (χ4n) is 10.6. The minimum Gasteiger partial charge on any atom is -0.477 e. The number of thiophene rings is 1. The number of imidazole rings is 1. The van der Waals surface area contributed by atoms with E-state index in [9.17, 15) is 38.4 Å². The summed E-state index contributed by atoms with van der Waals surface area (Å²) in [6, 6.07) is 37.9. The number of benzene rings is 2. The van der Waals surface area contributed by atoms with Gasteiger partial charge in [-0.05, 0) is 201 Å². The normalized spacial score (nSPS) is 16.2. The number of amides is 5. The lowest BCUT2D eigenvalue weighted by molar-refractivity contribution is -0.467. The van der Waals surface area contributed by atoms with E-state index in [1.165, 1.54) is 88.5 Å². The Labute approximate surface area is 826 Å². The number of aliphatic hydroxyl groups is 1. The number of hydrogen-bond donors (Lipinski definition) is 5. The highest BCUT2D eigenvalue weighted by Crippen LogP contribution is 2.17. The molecule has 8 aromatic heterocycles. The van der Waals surface area contributed by atoms with Crippen molar-refractivity contribution in [2.75, 3.05) is 80.4 Å². The van der Waals surface area contributed by atoms with Gasteiger partial charge in [-0.15, -0.1) is 11.3 Å². The number of aliphatic hydroxyl groups excluding tert-OH is 1. The van der Waals surface area contributed by atoms with Gasteiger partial charge in [-0.25, -0.2) is 29.1 Å². The molecule has 15 heterocycles. The average molecular weight is 1960 g/mol. The maximum Gasteiger partial charge on any atom is 0.355 e. The Morgan fingerprint density at radius 2 is 1.19 bits per heavy atom. The number of methoxy groups -OCH3 is 2. The van der Waals surface area contributed by atoms with Crippen LogP contribution in [0.1, 0.15) is 185 Å². The van der Waals surface area contributed by atoms with Crippen molar-refractivity contribution in [2.45, 2.75) is 192 Å². The third kappa shape index (κ3) is 63.2. The predicted molar refractivity (Wildman–Crippen MR) is 547 cm³/mol. The first-order valence-electron chi connectivity index (χ1n) is 44.6. The molecule has 0 saturated carbocycles. The molecule has 0 bridgehead atoms. The molecule has 17 rings (SSSR count). The molecule has 5 amide bonds. The molecule has 6 saturated heterocycles. The number of aliphatic imine (C=N–C) groups is 1. The Balaban J connectivity index is 0. The molecule has 10 aromatic rings. The second-order valence-electron chi connectivity index (χ2n) is 31.7. The number of nitrogens with zero attached hydrogens (tertiary/aromatic N) is 13. The van der Waals surface area contributed by atoms with Gasteiger partial charge in [0, 0.05) is 137 Å². The summed E-state index contributed by atoms with van der Waals surface area (Å²) in [5.74, 6) is -0.944. The zero-order valence-electron chi connectivity index (χ0n) is 83.7. The maximum absolute atomic E-state index is 11.7. The third-order valence-corrected chi connectivity index (χ3v) is 20.4. The number of carbonyl (C=O) groups excluding carboxylic acids is 7. The minimum atomic E-state index is -0.887. The van der Waals surface area contributed by atoms with E-state index in [0.29, 0.717) is 53.8 Å². The Morgan fingerprint density at radius 1 is 0.609 bits per heavy atom. The van der Waals surface area contributed by atoms with Gasteiger partial charge in [0.2, 0.25) is 11.8 Å². The molecule has 37 heteroatoms. The third-order valence-electron chi connectivity index (χ3n) is 18.7. The monoisotopic (exact) mass is 1960 g/mol. The number of nitrogens with one attached hydrogen (secondary N) is 3. The van der Waals surface area contributed by atoms with Crippen molar-refractivity contribution in [1.29, 1.82) is 0 Å². The number of imide groups is 2. The van der Waals surface area contributed by atoms with E-state index < -0.39 is 12.0 Å². The van der Waals surface area contributed by atoms with Crippen molar-refractivity contribution in [2.24, 2.45) is 65.4 Å². The number of aryl methyl sites for hydroxylation is 10. The summed E-state index contributed by atoms with van der Waals surface area (Å²) in [6.07, 6.45) is 32.8. The molecule has 7 aliphatic heterocycles. The number of esters is 3. The first-order valence-corrected chi connectivity index (χ1v) is 46.5. The van der Waals surface area contributed by atoms with E-state index >= 15 is 0 Å². The number of aromatic carboxylic acids is 1. The van der Waals surface area contributed by atoms with Crippen molar-refractivity contribution >= 4 is 88.8 Å². The summed E-state index contributed by atoms with van der Waals surface area (Å²) in [5, 5.41) is 31.0. The number of thioether (sulfide) groups is 1. The molecule has 0 aliphatic carbocycles. The Bertz CT molecular complexity index is 4740. The zero-order chi connectivity index (χ0) is 102. The van der Waals surface area contributed by atoms with Gasteiger partial charge in [-0.1, -0.05) is 118 Å². The molecule has 5 unspecified atom stereocenters. The number of carbonyl (C=O) groups is 8. The summed E-state index contributed by atoms with van der Waals surface area (Å²) in [5.41, 5.74) is 8.19. The SMILES string of the molecule is C.C.CC(C)C.CC1C=NC=[NH+]1.CC1CCCCO1.CC1CCCO1.CC1COCCO1.CC1NC(=O)NC1=O.CN1C(=O)CSC1=O.CO/N=C/c1ccccc1C.COC(=O)Cc1cn(C)cn1.COC(=O)c1cccn1C.Cc1cccs1.Cc1ccn(C)c1C.Cn1cccc1.Cn1cccc1C(=O)O.Cn1cccc1C(=O)OCc1ccccc1.Cn1cncn1.OC1CCOCC1. The highest BCUT2D eigenvalue weighted by molar-refractivity contribution is 8.14. The average Bonchev–Trinajstić information content (AvgIpc) is 1.77. The molecular weight excluding hydrogens is 1810 g/mol. The first kappa shape index (κ1) is 128. The topological polar surface area (TPSA) is 399 Å². The number of carboxylic acid groups (broad SMARTS) is 1. The number of hydrogen-bond acceptors (Lipinski definition) is 25. The van der Waals surface area contributed by atoms with Gasteiger partial charge >= 0.3 is 29.9 Å². The van der Waals surface area contributed by atoms with Crippen LogP contribution < -0.4 is 15.6 Å². The Hall–Kier alpha value is -12.2. The molecule has 2 aromatic carbocycles. The smallest absolute Gasteiger partial charge is 0.355 e. The molecule has 7 aliphatic rings. The van der Waals surface area contributed by atoms with E-state index in [4.69, 9.17) is 38.6 Å². The van der Waals surface area contributed by atoms with Gasteiger partial charge in [0.15, 0.2) is 6.21 Å². The first-order chi connectivity index (χ1) is 64.8. The van der Waals surface area contributed by atoms with Crippen LogP contribution in [0.15, 0.2) is 199 Å². The van der Waals surface area contributed by atoms with Gasteiger partial charge < -0.3 is 85.7 Å². The van der Waals surface area contributed by atoms with E-state index in [-0.39, 0.29) is 68.4 Å². The quantitative estimate of drug-likeness (QED) is 0.0294. The summed E-state index contributed by atoms with van der Waals surface area (Å²) >= 11 is 2.83. The summed E-state index contributed by atoms with van der Waals surface area (Å²) in [6.45, 7) is 30.9. The van der Waals surface area contributed by atoms with Crippen molar-refractivity contribution in [3.8, 4) is 0 Å². The summed E-state index contributed by atoms with van der Waals surface area (Å²) in [7, 11) is 18.8. The van der Waals surface area contributed by atoms with E-state index in [2.05, 4.69) is 152 Å². The van der Waals surface area contributed by atoms with Crippen LogP contribution in [0.4, 0.5) is 9.59 Å². The Kier molecular flexibility index (Phi) is 72.0. The number of carboxylic acids is 1. The highest BCUT2D eigenvalue weighted by atomic mass is 32.2. The molecule has 6 fully saturated rings. The number of aromatic nitrogens is 10. The molecular formula is C101H157N16O19S2+. The lowest BCUT2D eigenvalue weighted by Crippen LogP contribution is -2.73. The number of oxime groups is 1. The lowest BCUT2D eigenvalue weighted by Gasteiger charge is -2.18. The largest absolute Gasteiger partial charge is 0.477 e. The Morgan fingerprint density at radius 3 is 1.47 bits per heavy atom. The van der Waals surface area contributed by atoms with Gasteiger partial charge in [0.1, 0.15) is 55.5 Å². The van der Waals surface area contributed by atoms with E-state index in [1.54, 1.807) is 129 Å². The molecule has 0 spiro atoms. The molecule has 0 radical (unpaired) electrons. The molecule has 766 valence electrons. The van der Waals surface area contributed by atoms with E-state index in [0.717, 1.165) is 98.5 Å². The van der Waals surface area contributed by atoms with Gasteiger partial charge in [0.05, 0.1) is 88.9 Å². The maximum atomic E-state index is 11.7. The van der Waals surface area contributed by atoms with Crippen LogP contribution in [-0.4, -0.2) is 245 Å². The second-order valence-corrected chi connectivity index (χ2v) is 33.8. The van der Waals surface area contributed by atoms with Gasteiger partial charge in [-0.3, -0.25) is 39.1 Å². The van der Waals surface area contributed by atoms with Crippen molar-refractivity contribution in [3.63, 3.8) is 0 Å². The van der Waals surface area contributed by atoms with Crippen LogP contribution in [0, 0.1) is 33.6 Å². The summed E-state index contributed by atoms with van der Waals surface area (Å²) < 4.78 is 52.4. The van der Waals surface area contributed by atoms with Crippen LogP contribution in [0.3, 0.4) is 0 Å². The zero-order valence-corrected chi connectivity index (χ0v) is 85.3. The van der Waals surface area contributed by atoms with Crippen LogP contribution in [0.5, 0.6) is 0 Å². The summed E-state index contributed by atoms with van der Waals surface area (Å²) in [4.78, 5) is 107. The highest BCUT2D eigenvalue weighted by Gasteiger charge is 2.26. The fourth-order valence-corrected chi connectivity index (χ4v) is 11.8. The molecule has 5 atom stereocenters. The van der Waals surface area contributed by atoms with Crippen molar-refractivity contribution in [1.82, 2.24) is 62.7 Å². The van der Waals surface area contributed by atoms with Crippen LogP contribution in [0.25, 0.3) is 0 Å². The molecule has 5 N–H and O–H groups in total. The molecule has 35 nitrogen and oxygen atoms in total. The van der Waals surface area contributed by atoms with Crippen LogP contribution >= 0.6 is 23.1 Å². The van der Waals surface area contributed by atoms with Crippen LogP contribution in [0.2, 0.25) is 0 Å². The predicted octanol–water partition coefficient (Wildman–Crippen LogP) is 14.9. The van der Waals surface area contributed by atoms with E-state index in [1.807, 2.05) is 151 Å². The lowest BCUT2D eigenvalue weighted by atomic mass is 10.1. The van der Waals surface area contributed by atoms with Gasteiger partial charge in [-0.2, -0.15) is 5.10 Å². The number of rotatable bonds is 9. The minimum absolute atomic E-state index is 0. The fraction of sp³-hybridized carbons (Fsp3) is 0.485. The van der Waals surface area contributed by atoms with Crippen molar-refractivity contribution < 1.29 is 96.3 Å². The standard InChI is InChI=1S/C13H13NO2.C9H11NO.C7H10N2O2.C7H9NO2.C7H11N.C6H7NO2.C6H12O.C5H7N.2C5H10O2.C5H10O.C5H6S.C4H6N2O2.C4H6N2.C4H5NO2S.C4H10.C3H5N3.2CH4/c1-14-9-5-8-12(14)13(15)16-10-11-6-3-2-4-7-11;1-8-5-3-4-6-9(8)7-10-11-2;1-9-4-6(8-5-9)3-7(10)11-2;1-8-5-3-4-6(8)7(9)10-2;1-6-4-5-8(3)7(6)2;1-7-4-2-3-5(7)6(8)9;1-6-4-2-3-5-7-6;1-6-4-2-3-5-6;1-5-4-6-2-3-7-5;6-5-1-3-7-4-2-5;2*1-5-3-2-4-6-5;1-2-3(7)6-4(8)5-2;1-4-2-5-3-6-4;1-5-3(6)2-8-4(5)7;1-4(2)3;1-6-3-4-2-5-6;;/h2-9H,10H2,1H3;3-7H,1-2H3;4-5H,3H2,1-2H3;3-5H,1-2H3;4-5H,1-3H3;2-4H,1H3,(H,8,9);6H,2-5H2,1H3;2-5H,1H3;5H,2-4H2,1H3;5-6H,1-4H2;5H,2-4H2,1H3;2-4H,1H3;2H,1H3,(H2,5,6,7,8);2-4H,1H3;2H2,1H3;4H,1-3H3;2-3H,1H3;2*1H4/p+1/b;10-7+;;;;;;;;;;;;;;;;;. The molecule has 138 heavy (non-hydrogen) atoms. The number of ether oxygens (including phenoxy) is 8. The van der Waals surface area contributed by atoms with Crippen molar-refractivity contribution in [3.05, 3.63) is 245 Å². The second kappa shape index (κ2) is 77.8. The van der Waals surface area contributed by atoms with Crippen LogP contribution in [-0.2, 0) is 119 Å². The van der Waals surface area contributed by atoms with Gasteiger partial charge in [0.25, 0.3) is 11.6 Å². The number of urea groups is 1.